The summed E-state index contributed by atoms with van der Waals surface area (Å²) in [5.74, 6) is 0. The third kappa shape index (κ3) is 4.03. The van der Waals surface area contributed by atoms with Gasteiger partial charge >= 0.3 is 0 Å². The zero-order valence-corrected chi connectivity index (χ0v) is 12.8. The van der Waals surface area contributed by atoms with E-state index in [1.807, 2.05) is 6.07 Å². The molecule has 0 aliphatic carbocycles. The van der Waals surface area contributed by atoms with E-state index in [4.69, 9.17) is 19.8 Å². The van der Waals surface area contributed by atoms with Gasteiger partial charge in [-0.15, -0.1) is 0 Å². The van der Waals surface area contributed by atoms with Crippen LogP contribution in [0.2, 0.25) is 0 Å². The SMILES string of the molecule is N#Cc1ccccc1S(=O)(=O)NC1CCOCC1OCCO. The lowest BCUT2D eigenvalue weighted by Crippen LogP contribution is -2.50. The molecule has 1 heterocycles. The Kier molecular flexibility index (Phi) is 5.88. The van der Waals surface area contributed by atoms with Crippen molar-refractivity contribution in [3.8, 4) is 6.07 Å². The number of aliphatic hydroxyl groups is 1. The monoisotopic (exact) mass is 326 g/mol. The number of ether oxygens (including phenoxy) is 2. The summed E-state index contributed by atoms with van der Waals surface area (Å²) in [6.45, 7) is 0.646. The van der Waals surface area contributed by atoms with Crippen molar-refractivity contribution in [3.05, 3.63) is 29.8 Å². The molecule has 1 aliphatic rings. The van der Waals surface area contributed by atoms with Crippen LogP contribution < -0.4 is 4.72 Å². The quantitative estimate of drug-likeness (QED) is 0.762. The summed E-state index contributed by atoms with van der Waals surface area (Å²) in [5, 5.41) is 17.9. The highest BCUT2D eigenvalue weighted by atomic mass is 32.2. The Morgan fingerprint density at radius 3 is 2.95 bits per heavy atom. The highest BCUT2D eigenvalue weighted by Crippen LogP contribution is 2.18. The minimum absolute atomic E-state index is 0.0510. The van der Waals surface area contributed by atoms with Gasteiger partial charge in [-0.25, -0.2) is 13.1 Å². The summed E-state index contributed by atoms with van der Waals surface area (Å²) in [5.41, 5.74) is 0.0925. The highest BCUT2D eigenvalue weighted by Gasteiger charge is 2.31. The lowest BCUT2D eigenvalue weighted by atomic mass is 10.1. The second-order valence-corrected chi connectivity index (χ2v) is 6.51. The minimum atomic E-state index is -3.83. The average molecular weight is 326 g/mol. The van der Waals surface area contributed by atoms with Crippen LogP contribution in [-0.4, -0.2) is 52.1 Å². The zero-order valence-electron chi connectivity index (χ0n) is 11.9. The third-order valence-electron chi connectivity index (χ3n) is 3.33. The predicted octanol–water partition coefficient (Wildman–Crippen LogP) is 0.00298. The van der Waals surface area contributed by atoms with Crippen LogP contribution in [0.3, 0.4) is 0 Å². The van der Waals surface area contributed by atoms with Gasteiger partial charge in [0, 0.05) is 6.61 Å². The molecular weight excluding hydrogens is 308 g/mol. The van der Waals surface area contributed by atoms with Gasteiger partial charge in [-0.2, -0.15) is 5.26 Å². The lowest BCUT2D eigenvalue weighted by molar-refractivity contribution is -0.0714. The normalized spacial score (nSPS) is 22.2. The van der Waals surface area contributed by atoms with Crippen LogP contribution in [0.5, 0.6) is 0 Å². The van der Waals surface area contributed by atoms with Gasteiger partial charge in [0.15, 0.2) is 0 Å². The fourth-order valence-electron chi connectivity index (χ4n) is 2.27. The second-order valence-electron chi connectivity index (χ2n) is 4.83. The standard InChI is InChI=1S/C14H18N2O5S/c15-9-11-3-1-2-4-14(11)22(18,19)16-12-5-7-20-10-13(12)21-8-6-17/h1-4,12-13,16-17H,5-8,10H2. The van der Waals surface area contributed by atoms with Gasteiger partial charge in [-0.1, -0.05) is 12.1 Å². The van der Waals surface area contributed by atoms with Gasteiger partial charge in [0.2, 0.25) is 10.0 Å². The molecule has 120 valence electrons. The molecule has 2 rings (SSSR count). The summed E-state index contributed by atoms with van der Waals surface area (Å²) in [6.07, 6.45) is -0.00532. The van der Waals surface area contributed by atoms with E-state index < -0.39 is 22.2 Å². The van der Waals surface area contributed by atoms with E-state index in [1.165, 1.54) is 12.1 Å². The number of sulfonamides is 1. The molecule has 8 heteroatoms. The first-order valence-corrected chi connectivity index (χ1v) is 8.38. The fourth-order valence-corrected chi connectivity index (χ4v) is 3.73. The van der Waals surface area contributed by atoms with Gasteiger partial charge in [0.05, 0.1) is 42.4 Å². The third-order valence-corrected chi connectivity index (χ3v) is 4.88. The van der Waals surface area contributed by atoms with Crippen molar-refractivity contribution in [2.45, 2.75) is 23.5 Å². The number of rotatable bonds is 6. The molecule has 0 saturated carbocycles. The molecule has 0 amide bonds. The fraction of sp³-hybridized carbons (Fsp3) is 0.500. The molecule has 22 heavy (non-hydrogen) atoms. The van der Waals surface area contributed by atoms with Crippen LogP contribution in [0.4, 0.5) is 0 Å². The topological polar surface area (TPSA) is 109 Å². The van der Waals surface area contributed by atoms with E-state index in [2.05, 4.69) is 4.72 Å². The number of nitrogens with one attached hydrogen (secondary N) is 1. The Morgan fingerprint density at radius 1 is 1.45 bits per heavy atom. The molecule has 1 fully saturated rings. The smallest absolute Gasteiger partial charge is 0.242 e. The van der Waals surface area contributed by atoms with Crippen molar-refractivity contribution < 1.29 is 23.0 Å². The summed E-state index contributed by atoms with van der Waals surface area (Å²) >= 11 is 0. The Labute approximate surface area is 129 Å². The van der Waals surface area contributed by atoms with E-state index >= 15 is 0 Å². The molecule has 7 nitrogen and oxygen atoms in total. The largest absolute Gasteiger partial charge is 0.394 e. The molecule has 1 aliphatic heterocycles. The maximum Gasteiger partial charge on any atom is 0.242 e. The first kappa shape index (κ1) is 16.9. The summed E-state index contributed by atoms with van der Waals surface area (Å²) in [6, 6.07) is 7.44. The van der Waals surface area contributed by atoms with Gasteiger partial charge in [0.25, 0.3) is 0 Å². The molecule has 0 radical (unpaired) electrons. The Morgan fingerprint density at radius 2 is 2.23 bits per heavy atom. The zero-order chi connectivity index (χ0) is 16.0. The Balaban J connectivity index is 2.18. The van der Waals surface area contributed by atoms with Crippen molar-refractivity contribution in [1.82, 2.24) is 4.72 Å². The molecule has 0 spiro atoms. The summed E-state index contributed by atoms with van der Waals surface area (Å²) in [7, 11) is -3.83. The maximum atomic E-state index is 12.5. The van der Waals surface area contributed by atoms with E-state index in [1.54, 1.807) is 12.1 Å². The Hall–Kier alpha value is -1.50. The van der Waals surface area contributed by atoms with Crippen molar-refractivity contribution in [2.75, 3.05) is 26.4 Å². The molecule has 2 unspecified atom stereocenters. The van der Waals surface area contributed by atoms with Gasteiger partial charge < -0.3 is 14.6 Å². The predicted molar refractivity (Wildman–Crippen MR) is 77.5 cm³/mol. The summed E-state index contributed by atoms with van der Waals surface area (Å²) in [4.78, 5) is -0.0510. The van der Waals surface area contributed by atoms with E-state index in [0.717, 1.165) is 0 Å². The number of nitrogens with zero attached hydrogens (tertiary/aromatic N) is 1. The highest BCUT2D eigenvalue weighted by molar-refractivity contribution is 7.89. The second kappa shape index (κ2) is 7.67. The molecule has 0 aromatic heterocycles. The van der Waals surface area contributed by atoms with Crippen LogP contribution in [-0.2, 0) is 19.5 Å². The van der Waals surface area contributed by atoms with E-state index in [-0.39, 0.29) is 30.3 Å². The number of benzene rings is 1. The van der Waals surface area contributed by atoms with Crippen LogP contribution in [0.1, 0.15) is 12.0 Å². The van der Waals surface area contributed by atoms with Crippen molar-refractivity contribution >= 4 is 10.0 Å². The molecular formula is C14H18N2O5S. The summed E-state index contributed by atoms with van der Waals surface area (Å²) < 4.78 is 38.3. The van der Waals surface area contributed by atoms with Gasteiger partial charge in [-0.3, -0.25) is 0 Å². The van der Waals surface area contributed by atoms with Gasteiger partial charge in [0.1, 0.15) is 6.07 Å². The number of hydrogen-bond donors (Lipinski definition) is 2. The Bertz CT molecular complexity index is 641. The molecule has 1 saturated heterocycles. The molecule has 1 aromatic rings. The average Bonchev–Trinajstić information content (AvgIpc) is 2.53. The van der Waals surface area contributed by atoms with E-state index in [9.17, 15) is 8.42 Å². The maximum absolute atomic E-state index is 12.5. The first-order valence-electron chi connectivity index (χ1n) is 6.90. The lowest BCUT2D eigenvalue weighted by Gasteiger charge is -2.31. The number of nitriles is 1. The van der Waals surface area contributed by atoms with Crippen molar-refractivity contribution in [3.63, 3.8) is 0 Å². The minimum Gasteiger partial charge on any atom is -0.394 e. The van der Waals surface area contributed by atoms with Gasteiger partial charge in [-0.05, 0) is 18.6 Å². The molecule has 0 bridgehead atoms. The molecule has 1 aromatic carbocycles. The van der Waals surface area contributed by atoms with Crippen LogP contribution in [0, 0.1) is 11.3 Å². The van der Waals surface area contributed by atoms with Crippen LogP contribution in [0.25, 0.3) is 0 Å². The van der Waals surface area contributed by atoms with Crippen molar-refractivity contribution in [2.24, 2.45) is 0 Å². The van der Waals surface area contributed by atoms with Crippen LogP contribution in [0.15, 0.2) is 29.2 Å². The van der Waals surface area contributed by atoms with E-state index in [0.29, 0.717) is 13.0 Å². The first-order chi connectivity index (χ1) is 10.6. The molecule has 2 N–H and O–H groups in total. The van der Waals surface area contributed by atoms with Crippen molar-refractivity contribution in [1.29, 1.82) is 5.26 Å². The van der Waals surface area contributed by atoms with Crippen LogP contribution >= 0.6 is 0 Å². The number of hydrogen-bond acceptors (Lipinski definition) is 6. The number of aliphatic hydroxyl groups excluding tert-OH is 1. The molecule has 2 atom stereocenters.